The first-order valence-corrected chi connectivity index (χ1v) is 9.50. The number of carbonyl (C=O) groups is 2. The van der Waals surface area contributed by atoms with E-state index in [1.807, 2.05) is 30.3 Å². The number of hydrogen-bond acceptors (Lipinski definition) is 4. The summed E-state index contributed by atoms with van der Waals surface area (Å²) in [5.74, 6) is -0.0792. The first-order chi connectivity index (χ1) is 14.5. The molecule has 0 aliphatic carbocycles. The maximum Gasteiger partial charge on any atom is 0.259 e. The summed E-state index contributed by atoms with van der Waals surface area (Å²) in [5.41, 5.74) is 2.53. The van der Waals surface area contributed by atoms with Crippen LogP contribution >= 0.6 is 0 Å². The quantitative estimate of drug-likeness (QED) is 0.479. The lowest BCUT2D eigenvalue weighted by Crippen LogP contribution is -2.15. The van der Waals surface area contributed by atoms with Crippen molar-refractivity contribution in [1.29, 1.82) is 0 Å². The number of amides is 1. The van der Waals surface area contributed by atoms with Crippen molar-refractivity contribution in [2.24, 2.45) is 0 Å². The number of hydrogen-bond donors (Lipinski definition) is 1. The molecule has 1 aromatic heterocycles. The molecular weight excluding hydrogens is 378 g/mol. The Bertz CT molecular complexity index is 1340. The third-order valence-electron chi connectivity index (χ3n) is 4.95. The number of anilines is 1. The predicted molar refractivity (Wildman–Crippen MR) is 117 cm³/mol. The van der Waals surface area contributed by atoms with Crippen LogP contribution in [0.15, 0.2) is 82.0 Å². The average molecular weight is 397 g/mol. The zero-order chi connectivity index (χ0) is 21.3. The second-order valence-electron chi connectivity index (χ2n) is 7.02. The lowest BCUT2D eigenvalue weighted by molar-refractivity contribution is 0.101. The summed E-state index contributed by atoms with van der Waals surface area (Å²) in [6.07, 6.45) is 0. The molecule has 5 heteroatoms. The van der Waals surface area contributed by atoms with Gasteiger partial charge in [0.1, 0.15) is 5.76 Å². The molecule has 30 heavy (non-hydrogen) atoms. The Balaban J connectivity index is 1.82. The van der Waals surface area contributed by atoms with E-state index in [1.165, 1.54) is 6.92 Å². The number of carbonyl (C=O) groups excluding carboxylic acids is 2. The molecule has 4 rings (SSSR count). The standard InChI is InChI=1S/C25H19NO4/c1-15-22(28)20-12-7-13-21(24(20)30-23(15)17-8-4-3-5-9-17)25(29)26-19-11-6-10-18(14-19)16(2)27/h3-14H,1-2H3,(H,26,29). The zero-order valence-corrected chi connectivity index (χ0v) is 16.6. The van der Waals surface area contributed by atoms with Gasteiger partial charge in [-0.1, -0.05) is 48.5 Å². The summed E-state index contributed by atoms with van der Waals surface area (Å²) < 4.78 is 6.10. The van der Waals surface area contributed by atoms with Crippen LogP contribution in [0.25, 0.3) is 22.3 Å². The monoisotopic (exact) mass is 397 g/mol. The van der Waals surface area contributed by atoms with Crippen molar-refractivity contribution in [2.45, 2.75) is 13.8 Å². The molecule has 5 nitrogen and oxygen atoms in total. The van der Waals surface area contributed by atoms with E-state index in [0.717, 1.165) is 5.56 Å². The van der Waals surface area contributed by atoms with Crippen molar-refractivity contribution in [3.05, 3.63) is 99.7 Å². The number of Topliss-reactive ketones (excluding diaryl/α,β-unsaturated/α-hetero) is 1. The van der Waals surface area contributed by atoms with Gasteiger partial charge in [-0.2, -0.15) is 0 Å². The van der Waals surface area contributed by atoms with Gasteiger partial charge in [-0.15, -0.1) is 0 Å². The summed E-state index contributed by atoms with van der Waals surface area (Å²) in [4.78, 5) is 37.5. The molecule has 0 fully saturated rings. The van der Waals surface area contributed by atoms with Crippen LogP contribution in [0.3, 0.4) is 0 Å². The summed E-state index contributed by atoms with van der Waals surface area (Å²) >= 11 is 0. The van der Waals surface area contributed by atoms with E-state index >= 15 is 0 Å². The van der Waals surface area contributed by atoms with Crippen LogP contribution in [0.4, 0.5) is 5.69 Å². The Hall–Kier alpha value is -3.99. The largest absolute Gasteiger partial charge is 0.455 e. The molecule has 148 valence electrons. The van der Waals surface area contributed by atoms with E-state index in [-0.39, 0.29) is 22.4 Å². The molecule has 4 aromatic rings. The van der Waals surface area contributed by atoms with Gasteiger partial charge in [-0.05, 0) is 38.1 Å². The molecule has 0 bridgehead atoms. The van der Waals surface area contributed by atoms with Crippen LogP contribution in [0.1, 0.15) is 33.2 Å². The highest BCUT2D eigenvalue weighted by Crippen LogP contribution is 2.27. The first-order valence-electron chi connectivity index (χ1n) is 9.50. The van der Waals surface area contributed by atoms with Crippen LogP contribution in [-0.4, -0.2) is 11.7 Å². The lowest BCUT2D eigenvalue weighted by atomic mass is 10.0. The van der Waals surface area contributed by atoms with Crippen LogP contribution in [0.2, 0.25) is 0 Å². The van der Waals surface area contributed by atoms with Gasteiger partial charge in [-0.3, -0.25) is 14.4 Å². The lowest BCUT2D eigenvalue weighted by Gasteiger charge is -2.11. The number of ketones is 1. The van der Waals surface area contributed by atoms with E-state index in [0.29, 0.717) is 28.0 Å². The normalized spacial score (nSPS) is 10.7. The molecule has 0 radical (unpaired) electrons. The molecule has 0 atom stereocenters. The number of benzene rings is 3. The van der Waals surface area contributed by atoms with Crippen molar-refractivity contribution >= 4 is 28.3 Å². The zero-order valence-electron chi connectivity index (χ0n) is 16.6. The molecule has 0 saturated heterocycles. The Morgan fingerprint density at radius 2 is 1.63 bits per heavy atom. The van der Waals surface area contributed by atoms with Crippen molar-refractivity contribution in [1.82, 2.24) is 0 Å². The van der Waals surface area contributed by atoms with Gasteiger partial charge in [0.15, 0.2) is 16.8 Å². The Morgan fingerprint density at radius 1 is 0.900 bits per heavy atom. The van der Waals surface area contributed by atoms with Crippen LogP contribution < -0.4 is 10.7 Å². The summed E-state index contributed by atoms with van der Waals surface area (Å²) in [6.45, 7) is 3.18. The third-order valence-corrected chi connectivity index (χ3v) is 4.95. The van der Waals surface area contributed by atoms with Crippen LogP contribution in [0.5, 0.6) is 0 Å². The Kier molecular flexibility index (Phi) is 5.02. The maximum absolute atomic E-state index is 13.0. The van der Waals surface area contributed by atoms with E-state index in [2.05, 4.69) is 5.32 Å². The maximum atomic E-state index is 13.0. The minimum atomic E-state index is -0.424. The number of rotatable bonds is 4. The number of para-hydroxylation sites is 1. The third kappa shape index (κ3) is 3.53. The van der Waals surface area contributed by atoms with Gasteiger partial charge in [-0.25, -0.2) is 0 Å². The van der Waals surface area contributed by atoms with Crippen LogP contribution in [-0.2, 0) is 0 Å². The minimum Gasteiger partial charge on any atom is -0.455 e. The molecule has 1 N–H and O–H groups in total. The van der Waals surface area contributed by atoms with E-state index in [1.54, 1.807) is 49.4 Å². The molecular formula is C25H19NO4. The van der Waals surface area contributed by atoms with Crippen molar-refractivity contribution in [2.75, 3.05) is 5.32 Å². The predicted octanol–water partition coefficient (Wildman–Crippen LogP) is 5.22. The second-order valence-corrected chi connectivity index (χ2v) is 7.02. The van der Waals surface area contributed by atoms with Crippen LogP contribution in [0, 0.1) is 6.92 Å². The molecule has 0 unspecified atom stereocenters. The fraction of sp³-hybridized carbons (Fsp3) is 0.0800. The fourth-order valence-electron chi connectivity index (χ4n) is 3.37. The van der Waals surface area contributed by atoms with Crippen molar-refractivity contribution < 1.29 is 14.0 Å². The highest BCUT2D eigenvalue weighted by atomic mass is 16.3. The molecule has 0 aliphatic heterocycles. The van der Waals surface area contributed by atoms with Gasteiger partial charge in [0, 0.05) is 22.4 Å². The second kappa shape index (κ2) is 7.79. The van der Waals surface area contributed by atoms with Gasteiger partial charge < -0.3 is 9.73 Å². The first kappa shape index (κ1) is 19.3. The van der Waals surface area contributed by atoms with Gasteiger partial charge in [0.05, 0.1) is 10.9 Å². The van der Waals surface area contributed by atoms with Crippen molar-refractivity contribution in [3.63, 3.8) is 0 Å². The number of fused-ring (bicyclic) bond motifs is 1. The van der Waals surface area contributed by atoms with E-state index in [9.17, 15) is 14.4 Å². The fourth-order valence-corrected chi connectivity index (χ4v) is 3.37. The van der Waals surface area contributed by atoms with E-state index in [4.69, 9.17) is 4.42 Å². The van der Waals surface area contributed by atoms with Gasteiger partial charge in [0.25, 0.3) is 5.91 Å². The van der Waals surface area contributed by atoms with Gasteiger partial charge >= 0.3 is 0 Å². The molecule has 0 spiro atoms. The summed E-state index contributed by atoms with van der Waals surface area (Å²) in [5, 5.41) is 3.13. The molecule has 1 heterocycles. The molecule has 3 aromatic carbocycles. The Labute approximate surface area is 173 Å². The molecule has 0 aliphatic rings. The summed E-state index contributed by atoms with van der Waals surface area (Å²) in [6, 6.07) is 20.9. The highest BCUT2D eigenvalue weighted by molar-refractivity contribution is 6.11. The molecule has 1 amide bonds. The Morgan fingerprint density at radius 3 is 2.37 bits per heavy atom. The smallest absolute Gasteiger partial charge is 0.259 e. The highest BCUT2D eigenvalue weighted by Gasteiger charge is 2.18. The van der Waals surface area contributed by atoms with Crippen molar-refractivity contribution in [3.8, 4) is 11.3 Å². The molecule has 0 saturated carbocycles. The topological polar surface area (TPSA) is 76.4 Å². The SMILES string of the molecule is CC(=O)c1cccc(NC(=O)c2cccc3c(=O)c(C)c(-c4ccccc4)oc23)c1. The van der Waals surface area contributed by atoms with Gasteiger partial charge in [0.2, 0.25) is 0 Å². The number of nitrogens with one attached hydrogen (secondary N) is 1. The average Bonchev–Trinajstić information content (AvgIpc) is 2.76. The minimum absolute atomic E-state index is 0.0924. The van der Waals surface area contributed by atoms with E-state index < -0.39 is 5.91 Å². The summed E-state index contributed by atoms with van der Waals surface area (Å²) in [7, 11) is 0.